The van der Waals surface area contributed by atoms with Crippen LogP contribution >= 0.6 is 0 Å². The summed E-state index contributed by atoms with van der Waals surface area (Å²) >= 11 is 0. The lowest BCUT2D eigenvalue weighted by Crippen LogP contribution is -2.04. The molecule has 0 aliphatic rings. The third kappa shape index (κ3) is 9.71. The molecule has 0 saturated carbocycles. The fraction of sp³-hybridized carbons (Fsp3) is 0.419. The molecule has 0 saturated heterocycles. The van der Waals surface area contributed by atoms with E-state index in [9.17, 15) is 0 Å². The number of tetrazole rings is 2. The van der Waals surface area contributed by atoms with Gasteiger partial charge >= 0.3 is 0 Å². The molecule has 0 amide bonds. The molecule has 39 heavy (non-hydrogen) atoms. The Morgan fingerprint density at radius 3 is 1.23 bits per heavy atom. The molecule has 0 N–H and O–H groups in total. The Hall–Kier alpha value is -3.94. The summed E-state index contributed by atoms with van der Waals surface area (Å²) in [5, 5.41) is 25.9. The third-order valence-electron chi connectivity index (χ3n) is 6.87. The Balaban J connectivity index is 0.985. The van der Waals surface area contributed by atoms with Crippen molar-refractivity contribution in [2.45, 2.75) is 83.7 Å². The molecule has 0 bridgehead atoms. The molecule has 8 heteroatoms. The van der Waals surface area contributed by atoms with Gasteiger partial charge in [0.1, 0.15) is 0 Å². The first-order valence-corrected chi connectivity index (χ1v) is 14.2. The lowest BCUT2D eigenvalue weighted by Gasteiger charge is -2.02. The zero-order valence-electron chi connectivity index (χ0n) is 23.0. The van der Waals surface area contributed by atoms with Crippen LogP contribution in [0.5, 0.6) is 0 Å². The molecule has 0 unspecified atom stereocenters. The Labute approximate surface area is 231 Å². The summed E-state index contributed by atoms with van der Waals surface area (Å²) in [6.07, 6.45) is 16.6. The van der Waals surface area contributed by atoms with E-state index in [-0.39, 0.29) is 0 Å². The second-order valence-corrected chi connectivity index (χ2v) is 10.0. The summed E-state index contributed by atoms with van der Waals surface area (Å²) in [7, 11) is 0. The van der Waals surface area contributed by atoms with Gasteiger partial charge in [0.2, 0.25) is 0 Å². The number of hydrogen-bond acceptors (Lipinski definition) is 6. The molecule has 8 nitrogen and oxygen atoms in total. The minimum Gasteiger partial charge on any atom is -0.160 e. The molecule has 2 aromatic carbocycles. The molecule has 0 aliphatic heterocycles. The monoisotopic (exact) mass is 524 g/mol. The first kappa shape index (κ1) is 28.1. The molecule has 0 aliphatic carbocycles. The van der Waals surface area contributed by atoms with Crippen LogP contribution in [0.15, 0.2) is 61.7 Å². The van der Waals surface area contributed by atoms with E-state index in [1.165, 1.54) is 44.9 Å². The van der Waals surface area contributed by atoms with Gasteiger partial charge in [-0.15, -0.1) is 20.4 Å². The van der Waals surface area contributed by atoms with Crippen molar-refractivity contribution in [1.29, 1.82) is 0 Å². The van der Waals surface area contributed by atoms with Crippen molar-refractivity contribution in [3.05, 3.63) is 95.6 Å². The SMILES string of the molecule is C=Cc1ccc(Cn2nnc(CCCCCCCCCCCc3nnn(Cc4ccc(C=C)cc4)n3)n2)cc1. The molecule has 0 atom stereocenters. The van der Waals surface area contributed by atoms with Gasteiger partial charge in [0.05, 0.1) is 13.1 Å². The minimum absolute atomic E-state index is 0.646. The van der Waals surface area contributed by atoms with Crippen molar-refractivity contribution in [3.8, 4) is 0 Å². The van der Waals surface area contributed by atoms with Crippen molar-refractivity contribution >= 4 is 12.2 Å². The average molecular weight is 525 g/mol. The van der Waals surface area contributed by atoms with Gasteiger partial charge in [-0.05, 0) is 45.5 Å². The van der Waals surface area contributed by atoms with Gasteiger partial charge < -0.3 is 0 Å². The summed E-state index contributed by atoms with van der Waals surface area (Å²) in [4.78, 5) is 3.36. The lowest BCUT2D eigenvalue weighted by molar-refractivity contribution is 0.549. The summed E-state index contributed by atoms with van der Waals surface area (Å²) in [5.74, 6) is 1.68. The van der Waals surface area contributed by atoms with Crippen LogP contribution in [0, 0.1) is 0 Å². The first-order valence-electron chi connectivity index (χ1n) is 14.2. The molecule has 0 spiro atoms. The van der Waals surface area contributed by atoms with Crippen LogP contribution in [0.3, 0.4) is 0 Å². The quantitative estimate of drug-likeness (QED) is 0.141. The van der Waals surface area contributed by atoms with Gasteiger partial charge in [0.15, 0.2) is 11.6 Å². The van der Waals surface area contributed by atoms with Gasteiger partial charge in [-0.2, -0.15) is 9.59 Å². The van der Waals surface area contributed by atoms with Crippen molar-refractivity contribution in [2.75, 3.05) is 0 Å². The topological polar surface area (TPSA) is 87.2 Å². The Kier molecular flexibility index (Phi) is 11.1. The van der Waals surface area contributed by atoms with Gasteiger partial charge in [0.25, 0.3) is 0 Å². The van der Waals surface area contributed by atoms with Crippen LogP contribution < -0.4 is 0 Å². The number of nitrogens with zero attached hydrogens (tertiary/aromatic N) is 8. The fourth-order valence-electron chi connectivity index (χ4n) is 4.54. The molecule has 2 heterocycles. The number of unbranched alkanes of at least 4 members (excludes halogenated alkanes) is 8. The predicted octanol–water partition coefficient (Wildman–Crippen LogP) is 6.34. The Bertz CT molecular complexity index is 1170. The van der Waals surface area contributed by atoms with Gasteiger partial charge in [-0.1, -0.05) is 119 Å². The van der Waals surface area contributed by atoms with Crippen LogP contribution in [0.4, 0.5) is 0 Å². The van der Waals surface area contributed by atoms with Crippen molar-refractivity contribution < 1.29 is 0 Å². The third-order valence-corrected chi connectivity index (χ3v) is 6.87. The smallest absolute Gasteiger partial charge is 0.160 e. The van der Waals surface area contributed by atoms with E-state index in [0.29, 0.717) is 13.1 Å². The first-order chi connectivity index (χ1) is 19.2. The maximum Gasteiger partial charge on any atom is 0.174 e. The van der Waals surface area contributed by atoms with Crippen molar-refractivity contribution in [1.82, 2.24) is 40.4 Å². The molecule has 204 valence electrons. The van der Waals surface area contributed by atoms with Crippen LogP contribution in [0.25, 0.3) is 12.2 Å². The van der Waals surface area contributed by atoms with Gasteiger partial charge in [0, 0.05) is 12.8 Å². The zero-order chi connectivity index (χ0) is 27.1. The van der Waals surface area contributed by atoms with E-state index < -0.39 is 0 Å². The molecule has 4 aromatic rings. The zero-order valence-corrected chi connectivity index (χ0v) is 23.0. The largest absolute Gasteiger partial charge is 0.174 e. The van der Waals surface area contributed by atoms with E-state index in [0.717, 1.165) is 59.6 Å². The van der Waals surface area contributed by atoms with E-state index >= 15 is 0 Å². The van der Waals surface area contributed by atoms with E-state index in [2.05, 4.69) is 92.5 Å². The van der Waals surface area contributed by atoms with Crippen LogP contribution in [0.1, 0.15) is 91.7 Å². The fourth-order valence-corrected chi connectivity index (χ4v) is 4.54. The highest BCUT2D eigenvalue weighted by atomic mass is 15.6. The van der Waals surface area contributed by atoms with E-state index in [4.69, 9.17) is 0 Å². The number of rotatable bonds is 18. The summed E-state index contributed by atoms with van der Waals surface area (Å²) in [6.45, 7) is 8.87. The molecule has 0 fully saturated rings. The normalized spacial score (nSPS) is 11.1. The second kappa shape index (κ2) is 15.5. The number of aromatic nitrogens is 8. The predicted molar refractivity (Wildman–Crippen MR) is 156 cm³/mol. The lowest BCUT2D eigenvalue weighted by atomic mass is 10.1. The highest BCUT2D eigenvalue weighted by molar-refractivity contribution is 5.47. The second-order valence-electron chi connectivity index (χ2n) is 10.0. The van der Waals surface area contributed by atoms with Crippen LogP contribution in [0.2, 0.25) is 0 Å². The number of aryl methyl sites for hydroxylation is 2. The summed E-state index contributed by atoms with van der Waals surface area (Å²) < 4.78 is 0. The van der Waals surface area contributed by atoms with Crippen molar-refractivity contribution in [3.63, 3.8) is 0 Å². The number of benzene rings is 2. The summed E-state index contributed by atoms with van der Waals surface area (Å²) in [5.41, 5.74) is 4.55. The molecular weight excluding hydrogens is 484 g/mol. The highest BCUT2D eigenvalue weighted by Gasteiger charge is 2.05. The summed E-state index contributed by atoms with van der Waals surface area (Å²) in [6, 6.07) is 16.5. The average Bonchev–Trinajstić information content (AvgIpc) is 3.61. The minimum atomic E-state index is 0.646. The van der Waals surface area contributed by atoms with Crippen molar-refractivity contribution in [2.24, 2.45) is 0 Å². The van der Waals surface area contributed by atoms with Crippen LogP contribution in [-0.2, 0) is 25.9 Å². The standard InChI is InChI=1S/C31H40N8/c1-3-26-16-20-28(21-17-26)24-38-34-30(32-36-38)14-12-10-8-6-5-7-9-11-13-15-31-33-37-39(35-31)25-29-22-18-27(4-2)19-23-29/h3-4,16-23H,1-2,5-15,24-25H2. The molecule has 2 aromatic heterocycles. The maximum absolute atomic E-state index is 4.53. The Morgan fingerprint density at radius 1 is 0.513 bits per heavy atom. The van der Waals surface area contributed by atoms with Gasteiger partial charge in [-0.25, -0.2) is 0 Å². The number of hydrogen-bond donors (Lipinski definition) is 0. The van der Waals surface area contributed by atoms with E-state index in [1.807, 2.05) is 12.2 Å². The molecule has 4 rings (SSSR count). The highest BCUT2D eigenvalue weighted by Crippen LogP contribution is 2.12. The molecule has 0 radical (unpaired) electrons. The van der Waals surface area contributed by atoms with Gasteiger partial charge in [-0.3, -0.25) is 0 Å². The van der Waals surface area contributed by atoms with E-state index in [1.54, 1.807) is 9.59 Å². The van der Waals surface area contributed by atoms with Crippen LogP contribution in [-0.4, -0.2) is 40.4 Å². The molecular formula is C31H40N8. The maximum atomic E-state index is 4.53. The Morgan fingerprint density at radius 2 is 0.872 bits per heavy atom.